The van der Waals surface area contributed by atoms with Crippen molar-refractivity contribution in [2.45, 2.75) is 39.3 Å². The molecule has 2 aliphatic rings. The molecule has 1 aromatic heterocycles. The molecule has 10 heteroatoms. The van der Waals surface area contributed by atoms with Gasteiger partial charge in [-0.15, -0.1) is 0 Å². The first-order valence-corrected chi connectivity index (χ1v) is 14.1. The minimum absolute atomic E-state index is 0.136. The molecule has 0 radical (unpaired) electrons. The van der Waals surface area contributed by atoms with Crippen molar-refractivity contribution in [2.75, 3.05) is 44.7 Å². The third kappa shape index (κ3) is 5.30. The van der Waals surface area contributed by atoms with Gasteiger partial charge in [0, 0.05) is 50.2 Å². The molecule has 2 aliphatic heterocycles. The first-order chi connectivity index (χ1) is 18.5. The molecule has 0 bridgehead atoms. The molecule has 7 nitrogen and oxygen atoms in total. The Bertz CT molecular complexity index is 1510. The molecule has 2 aromatic carbocycles. The fourth-order valence-corrected chi connectivity index (χ4v) is 5.82. The van der Waals surface area contributed by atoms with E-state index in [0.717, 1.165) is 30.6 Å². The molecule has 0 aliphatic carbocycles. The summed E-state index contributed by atoms with van der Waals surface area (Å²) in [5.74, 6) is -0.568. The van der Waals surface area contributed by atoms with Crippen LogP contribution in [0.25, 0.3) is 22.2 Å². The third-order valence-electron chi connectivity index (χ3n) is 7.16. The van der Waals surface area contributed by atoms with E-state index in [2.05, 4.69) is 40.0 Å². The number of nitriles is 1. The Kier molecular flexibility index (Phi) is 7.49. The van der Waals surface area contributed by atoms with Gasteiger partial charge in [-0.3, -0.25) is 0 Å². The zero-order valence-electron chi connectivity index (χ0n) is 22.4. The second kappa shape index (κ2) is 10.6. The number of hydrogen-bond acceptors (Lipinski definition) is 6. The van der Waals surface area contributed by atoms with Crippen molar-refractivity contribution in [2.24, 2.45) is 0 Å². The summed E-state index contributed by atoms with van der Waals surface area (Å²) in [7, 11) is 2.08. The maximum atomic E-state index is 15.7. The number of rotatable bonds is 2. The number of anilines is 1. The van der Waals surface area contributed by atoms with Gasteiger partial charge in [0.15, 0.2) is 5.82 Å². The largest absolute Gasteiger partial charge is 0.444 e. The van der Waals surface area contributed by atoms with Crippen LogP contribution in [0.1, 0.15) is 37.5 Å². The first-order valence-electron chi connectivity index (χ1n) is 12.9. The quantitative estimate of drug-likeness (QED) is 0.312. The molecule has 3 heterocycles. The summed E-state index contributed by atoms with van der Waals surface area (Å²) in [6.07, 6.45) is 0.436. The minimum atomic E-state index is -0.594. The Hall–Kier alpha value is -2.93. The molecule has 1 saturated heterocycles. The predicted molar refractivity (Wildman–Crippen MR) is 155 cm³/mol. The fourth-order valence-electron chi connectivity index (χ4n) is 5.33. The van der Waals surface area contributed by atoms with Crippen LogP contribution in [0, 0.1) is 17.1 Å². The van der Waals surface area contributed by atoms with Gasteiger partial charge in [-0.05, 0) is 67.4 Å². The van der Waals surface area contributed by atoms with Crippen LogP contribution >= 0.6 is 27.5 Å². The zero-order valence-corrected chi connectivity index (χ0v) is 24.8. The van der Waals surface area contributed by atoms with Gasteiger partial charge in [-0.25, -0.2) is 14.2 Å². The lowest BCUT2D eigenvalue weighted by Crippen LogP contribution is -2.50. The molecule has 0 N–H and O–H groups in total. The molecule has 204 valence electrons. The number of ether oxygens (including phenoxy) is 1. The number of fused-ring (bicyclic) bond motifs is 2. The Morgan fingerprint density at radius 1 is 1.21 bits per heavy atom. The second-order valence-electron chi connectivity index (χ2n) is 11.1. The third-order valence-corrected chi connectivity index (χ3v) is 8.46. The van der Waals surface area contributed by atoms with E-state index in [4.69, 9.17) is 21.3 Å². The van der Waals surface area contributed by atoms with Gasteiger partial charge in [-0.1, -0.05) is 29.8 Å². The number of piperazine rings is 1. The summed E-state index contributed by atoms with van der Waals surface area (Å²) in [5, 5.41) is 11.2. The average molecular weight is 615 g/mol. The summed E-state index contributed by atoms with van der Waals surface area (Å²) >= 11 is 9.66. The topological polar surface area (TPSA) is 72.7 Å². The molecule has 1 fully saturated rings. The van der Waals surface area contributed by atoms with E-state index in [1.54, 1.807) is 11.0 Å². The minimum Gasteiger partial charge on any atom is -0.444 e. The van der Waals surface area contributed by atoms with Gasteiger partial charge in [0.2, 0.25) is 0 Å². The van der Waals surface area contributed by atoms with Crippen LogP contribution in [0.2, 0.25) is 5.02 Å². The van der Waals surface area contributed by atoms with Crippen molar-refractivity contribution in [1.82, 2.24) is 14.8 Å². The number of pyridine rings is 1. The molecule has 3 aromatic rings. The van der Waals surface area contributed by atoms with E-state index in [1.807, 2.05) is 37.8 Å². The molecule has 39 heavy (non-hydrogen) atoms. The molecular weight excluding hydrogens is 585 g/mol. The predicted octanol–water partition coefficient (Wildman–Crippen LogP) is 6.37. The Morgan fingerprint density at radius 3 is 2.59 bits per heavy atom. The van der Waals surface area contributed by atoms with E-state index in [9.17, 15) is 10.1 Å². The number of likely N-dealkylation sites (N-methyl/N-ethyl adjacent to an activating group) is 1. The number of carbonyl (C=O) groups excluding carboxylic acids is 1. The van der Waals surface area contributed by atoms with Crippen molar-refractivity contribution in [3.8, 4) is 17.3 Å². The SMILES string of the molecule is CN1CCc2c(cccc2-c2nc3c(F)c(Br)c(Cl)cc3c(N3CCN(C(=O)OC(C)(C)C)CC3)c2C#N)C1. The normalized spacial score (nSPS) is 16.3. The standard InChI is InChI=1S/C29H30BrClFN5O2/c1-29(2,3)39-28(38)37-12-10-36(11-13-37)27-20-14-22(31)23(30)24(32)26(20)34-25(21(27)15-33)19-7-5-6-17-16-35(4)9-8-18(17)19/h5-7,14H,8-13,16H2,1-4H3. The van der Waals surface area contributed by atoms with Crippen molar-refractivity contribution in [1.29, 1.82) is 5.26 Å². The maximum Gasteiger partial charge on any atom is 0.410 e. The van der Waals surface area contributed by atoms with E-state index in [-0.39, 0.29) is 21.1 Å². The number of amides is 1. The number of carbonyl (C=O) groups is 1. The van der Waals surface area contributed by atoms with Crippen molar-refractivity contribution < 1.29 is 13.9 Å². The van der Waals surface area contributed by atoms with Crippen LogP contribution in [-0.2, 0) is 17.7 Å². The van der Waals surface area contributed by atoms with Crippen LogP contribution in [0.15, 0.2) is 28.7 Å². The average Bonchev–Trinajstić information content (AvgIpc) is 2.89. The van der Waals surface area contributed by atoms with Crippen LogP contribution in [0.3, 0.4) is 0 Å². The highest BCUT2D eigenvalue weighted by Crippen LogP contribution is 2.42. The number of aromatic nitrogens is 1. The van der Waals surface area contributed by atoms with Crippen molar-refractivity contribution in [3.63, 3.8) is 0 Å². The Balaban J connectivity index is 1.65. The molecule has 5 rings (SSSR count). The Labute approximate surface area is 241 Å². The molecular formula is C29H30BrClFN5O2. The van der Waals surface area contributed by atoms with E-state index in [1.165, 1.54) is 5.56 Å². The van der Waals surface area contributed by atoms with E-state index >= 15 is 4.39 Å². The van der Waals surface area contributed by atoms with Gasteiger partial charge in [0.1, 0.15) is 22.8 Å². The molecule has 1 amide bonds. The number of halogens is 3. The van der Waals surface area contributed by atoms with Gasteiger partial charge in [0.25, 0.3) is 0 Å². The highest BCUT2D eigenvalue weighted by molar-refractivity contribution is 9.10. The van der Waals surface area contributed by atoms with Crippen LogP contribution in [-0.4, -0.2) is 66.2 Å². The summed E-state index contributed by atoms with van der Waals surface area (Å²) in [4.78, 5) is 23.4. The van der Waals surface area contributed by atoms with Gasteiger partial charge < -0.3 is 19.4 Å². The first kappa shape index (κ1) is 27.6. The van der Waals surface area contributed by atoms with Crippen LogP contribution in [0.4, 0.5) is 14.9 Å². The fraction of sp³-hybridized carbons (Fsp3) is 0.414. The lowest BCUT2D eigenvalue weighted by atomic mass is 9.90. The maximum absolute atomic E-state index is 15.7. The zero-order chi connectivity index (χ0) is 28.1. The van der Waals surface area contributed by atoms with Crippen LogP contribution in [0.5, 0.6) is 0 Å². The van der Waals surface area contributed by atoms with E-state index < -0.39 is 11.4 Å². The summed E-state index contributed by atoms with van der Waals surface area (Å²) in [6.45, 7) is 8.88. The summed E-state index contributed by atoms with van der Waals surface area (Å²) in [5.41, 5.74) is 4.13. The number of hydrogen-bond donors (Lipinski definition) is 0. The van der Waals surface area contributed by atoms with Gasteiger partial charge >= 0.3 is 6.09 Å². The number of benzene rings is 2. The monoisotopic (exact) mass is 613 g/mol. The van der Waals surface area contributed by atoms with E-state index in [0.29, 0.717) is 48.5 Å². The smallest absolute Gasteiger partial charge is 0.410 e. The summed E-state index contributed by atoms with van der Waals surface area (Å²) in [6, 6.07) is 10.1. The molecule has 0 unspecified atom stereocenters. The second-order valence-corrected chi connectivity index (χ2v) is 12.3. The molecule has 0 atom stereocenters. The highest BCUT2D eigenvalue weighted by atomic mass is 79.9. The van der Waals surface area contributed by atoms with Gasteiger partial charge in [0.05, 0.1) is 20.9 Å². The lowest BCUT2D eigenvalue weighted by Gasteiger charge is -2.37. The van der Waals surface area contributed by atoms with Crippen LogP contribution < -0.4 is 4.90 Å². The lowest BCUT2D eigenvalue weighted by molar-refractivity contribution is 0.0240. The molecule has 0 spiro atoms. The van der Waals surface area contributed by atoms with Gasteiger partial charge in [-0.2, -0.15) is 5.26 Å². The summed E-state index contributed by atoms with van der Waals surface area (Å²) < 4.78 is 21.4. The number of nitrogens with zero attached hydrogens (tertiary/aromatic N) is 5. The van der Waals surface area contributed by atoms with Crippen molar-refractivity contribution >= 4 is 50.2 Å². The Morgan fingerprint density at radius 2 is 1.92 bits per heavy atom. The highest BCUT2D eigenvalue weighted by Gasteiger charge is 2.31. The molecule has 0 saturated carbocycles. The van der Waals surface area contributed by atoms with Crippen molar-refractivity contribution in [3.05, 3.63) is 56.3 Å².